The first-order chi connectivity index (χ1) is 9.08. The van der Waals surface area contributed by atoms with E-state index in [2.05, 4.69) is 15.5 Å². The van der Waals surface area contributed by atoms with Crippen LogP contribution in [0.2, 0.25) is 0 Å². The Labute approximate surface area is 107 Å². The molecule has 0 saturated heterocycles. The Morgan fingerprint density at radius 3 is 2.53 bits per heavy atom. The number of hydrogen-bond donors (Lipinski definition) is 3. The van der Waals surface area contributed by atoms with E-state index in [-0.39, 0.29) is 22.6 Å². The summed E-state index contributed by atoms with van der Waals surface area (Å²) in [7, 11) is 0. The summed E-state index contributed by atoms with van der Waals surface area (Å²) in [5.74, 6) is -1.89. The maximum Gasteiger partial charge on any atom is 0.335 e. The first kappa shape index (κ1) is 12.5. The monoisotopic (exact) mass is 259 g/mol. The zero-order chi connectivity index (χ0) is 13.8. The fraction of sp³-hybridized carbons (Fsp3) is 0. The molecule has 1 aromatic heterocycles. The highest BCUT2D eigenvalue weighted by Crippen LogP contribution is 2.24. The largest absolute Gasteiger partial charge is 0.506 e. The van der Waals surface area contributed by atoms with Gasteiger partial charge in [-0.05, 0) is 24.3 Å². The first-order valence-electron chi connectivity index (χ1n) is 5.22. The molecule has 0 atom stereocenters. The molecule has 96 valence electrons. The third-order valence-corrected chi connectivity index (χ3v) is 2.34. The van der Waals surface area contributed by atoms with E-state index in [1.54, 1.807) is 0 Å². The third kappa shape index (κ3) is 2.83. The van der Waals surface area contributed by atoms with Gasteiger partial charge in [-0.25, -0.2) is 4.79 Å². The van der Waals surface area contributed by atoms with Gasteiger partial charge in [0.1, 0.15) is 5.75 Å². The molecule has 0 spiro atoms. The van der Waals surface area contributed by atoms with Gasteiger partial charge in [0, 0.05) is 0 Å². The van der Waals surface area contributed by atoms with Crippen LogP contribution < -0.4 is 5.32 Å². The molecule has 0 aliphatic heterocycles. The zero-order valence-corrected chi connectivity index (χ0v) is 9.57. The number of carboxylic acids is 1. The molecule has 0 fully saturated rings. The number of carbonyl (C=O) groups is 2. The molecule has 1 heterocycles. The Hall–Kier alpha value is -2.96. The van der Waals surface area contributed by atoms with Crippen LogP contribution in [0.3, 0.4) is 0 Å². The summed E-state index contributed by atoms with van der Waals surface area (Å²) >= 11 is 0. The summed E-state index contributed by atoms with van der Waals surface area (Å²) in [4.78, 5) is 22.6. The number of hydrogen-bond acceptors (Lipinski definition) is 5. The van der Waals surface area contributed by atoms with Crippen LogP contribution in [0, 0.1) is 0 Å². The van der Waals surface area contributed by atoms with Crippen molar-refractivity contribution in [3.63, 3.8) is 0 Å². The first-order valence-corrected chi connectivity index (χ1v) is 5.22. The van der Waals surface area contributed by atoms with Crippen LogP contribution in [0.1, 0.15) is 20.7 Å². The summed E-state index contributed by atoms with van der Waals surface area (Å²) in [5.41, 5.74) is 0.220. The van der Waals surface area contributed by atoms with Crippen molar-refractivity contribution in [2.75, 3.05) is 5.32 Å². The predicted molar refractivity (Wildman–Crippen MR) is 65.1 cm³/mol. The van der Waals surface area contributed by atoms with Gasteiger partial charge < -0.3 is 15.5 Å². The van der Waals surface area contributed by atoms with E-state index < -0.39 is 11.9 Å². The van der Waals surface area contributed by atoms with Gasteiger partial charge in [0.25, 0.3) is 5.91 Å². The molecular formula is C12H9N3O4. The molecule has 0 aliphatic rings. The number of benzene rings is 1. The summed E-state index contributed by atoms with van der Waals surface area (Å²) in [6.07, 6.45) is 2.61. The summed E-state index contributed by atoms with van der Waals surface area (Å²) < 4.78 is 0. The zero-order valence-electron chi connectivity index (χ0n) is 9.57. The molecule has 0 radical (unpaired) electrons. The summed E-state index contributed by atoms with van der Waals surface area (Å²) in [5, 5.41) is 27.9. The molecule has 0 aliphatic carbocycles. The highest BCUT2D eigenvalue weighted by atomic mass is 16.4. The Morgan fingerprint density at radius 2 is 1.89 bits per heavy atom. The van der Waals surface area contributed by atoms with Crippen LogP contribution in [0.5, 0.6) is 5.75 Å². The quantitative estimate of drug-likeness (QED) is 0.712. The molecular weight excluding hydrogens is 250 g/mol. The lowest BCUT2D eigenvalue weighted by Crippen LogP contribution is -2.13. The maximum atomic E-state index is 11.8. The van der Waals surface area contributed by atoms with Crippen molar-refractivity contribution in [1.29, 1.82) is 0 Å². The molecule has 19 heavy (non-hydrogen) atoms. The van der Waals surface area contributed by atoms with Gasteiger partial charge in [0.2, 0.25) is 0 Å². The van der Waals surface area contributed by atoms with Crippen LogP contribution in [0.15, 0.2) is 36.7 Å². The molecule has 0 unspecified atom stereocenters. The number of aromatic hydroxyl groups is 1. The van der Waals surface area contributed by atoms with E-state index in [4.69, 9.17) is 5.11 Å². The average Bonchev–Trinajstić information content (AvgIpc) is 2.42. The van der Waals surface area contributed by atoms with Gasteiger partial charge >= 0.3 is 5.97 Å². The van der Waals surface area contributed by atoms with Crippen LogP contribution in [-0.4, -0.2) is 32.3 Å². The van der Waals surface area contributed by atoms with Crippen LogP contribution in [-0.2, 0) is 0 Å². The third-order valence-electron chi connectivity index (χ3n) is 2.34. The number of nitrogens with one attached hydrogen (secondary N) is 1. The van der Waals surface area contributed by atoms with Crippen LogP contribution >= 0.6 is 0 Å². The topological polar surface area (TPSA) is 112 Å². The van der Waals surface area contributed by atoms with Crippen molar-refractivity contribution < 1.29 is 19.8 Å². The van der Waals surface area contributed by atoms with Crippen molar-refractivity contribution in [2.45, 2.75) is 0 Å². The average molecular weight is 259 g/mol. The van der Waals surface area contributed by atoms with Gasteiger partial charge in [-0.1, -0.05) is 0 Å². The van der Waals surface area contributed by atoms with Crippen molar-refractivity contribution in [3.8, 4) is 5.75 Å². The van der Waals surface area contributed by atoms with Crippen molar-refractivity contribution in [3.05, 3.63) is 47.8 Å². The van der Waals surface area contributed by atoms with Crippen molar-refractivity contribution >= 4 is 17.6 Å². The van der Waals surface area contributed by atoms with Gasteiger partial charge in [-0.3, -0.25) is 4.79 Å². The molecule has 0 saturated carbocycles. The molecule has 2 rings (SSSR count). The van der Waals surface area contributed by atoms with Gasteiger partial charge in [-0.2, -0.15) is 10.2 Å². The number of anilines is 1. The van der Waals surface area contributed by atoms with Crippen molar-refractivity contribution in [2.24, 2.45) is 0 Å². The Bertz CT molecular complexity index is 628. The number of amides is 1. The number of aromatic nitrogens is 2. The van der Waals surface area contributed by atoms with E-state index in [0.29, 0.717) is 0 Å². The minimum Gasteiger partial charge on any atom is -0.506 e. The highest BCUT2D eigenvalue weighted by Gasteiger charge is 2.12. The minimum atomic E-state index is -1.15. The fourth-order valence-corrected chi connectivity index (χ4v) is 1.39. The maximum absolute atomic E-state index is 11.8. The van der Waals surface area contributed by atoms with Gasteiger partial charge in [0.15, 0.2) is 0 Å². The van der Waals surface area contributed by atoms with Crippen LogP contribution in [0.4, 0.5) is 5.69 Å². The number of aromatic carboxylic acids is 1. The van der Waals surface area contributed by atoms with Crippen molar-refractivity contribution in [1.82, 2.24) is 10.2 Å². The summed E-state index contributed by atoms with van der Waals surface area (Å²) in [6.45, 7) is 0. The SMILES string of the molecule is O=C(O)c1ccc(O)c(NC(=O)c2ccnnc2)c1. The van der Waals surface area contributed by atoms with E-state index in [9.17, 15) is 14.7 Å². The highest BCUT2D eigenvalue weighted by molar-refractivity contribution is 6.05. The smallest absolute Gasteiger partial charge is 0.335 e. The van der Waals surface area contributed by atoms with Crippen LogP contribution in [0.25, 0.3) is 0 Å². The normalized spacial score (nSPS) is 9.89. The number of carbonyl (C=O) groups excluding carboxylic acids is 1. The summed E-state index contributed by atoms with van der Waals surface area (Å²) in [6, 6.07) is 5.05. The Morgan fingerprint density at radius 1 is 1.11 bits per heavy atom. The number of phenols is 1. The van der Waals surface area contributed by atoms with Gasteiger partial charge in [-0.15, -0.1) is 0 Å². The second kappa shape index (κ2) is 5.13. The Kier molecular flexibility index (Phi) is 3.37. The molecule has 2 aromatic rings. The lowest BCUT2D eigenvalue weighted by molar-refractivity contribution is 0.0696. The number of rotatable bonds is 3. The second-order valence-corrected chi connectivity index (χ2v) is 3.62. The lowest BCUT2D eigenvalue weighted by Gasteiger charge is -2.07. The van der Waals surface area contributed by atoms with E-state index in [0.717, 1.165) is 0 Å². The second-order valence-electron chi connectivity index (χ2n) is 3.62. The molecule has 7 heteroatoms. The number of nitrogens with zero attached hydrogens (tertiary/aromatic N) is 2. The number of carboxylic acid groups (broad SMARTS) is 1. The molecule has 1 amide bonds. The fourth-order valence-electron chi connectivity index (χ4n) is 1.39. The standard InChI is InChI=1S/C12H9N3O4/c16-10-2-1-7(12(18)19)5-9(10)15-11(17)8-3-4-13-14-6-8/h1-6,16H,(H,15,17)(H,18,19). The van der Waals surface area contributed by atoms with Gasteiger partial charge in [0.05, 0.1) is 29.2 Å². The predicted octanol–water partition coefficient (Wildman–Crippen LogP) is 1.13. The molecule has 0 bridgehead atoms. The molecule has 3 N–H and O–H groups in total. The van der Waals surface area contributed by atoms with E-state index in [1.807, 2.05) is 0 Å². The number of phenolic OH excluding ortho intramolecular Hbond substituents is 1. The minimum absolute atomic E-state index is 0.0155. The van der Waals surface area contributed by atoms with E-state index >= 15 is 0 Å². The lowest BCUT2D eigenvalue weighted by atomic mass is 10.2. The Balaban J connectivity index is 2.26. The van der Waals surface area contributed by atoms with E-state index in [1.165, 1.54) is 36.7 Å². The molecule has 7 nitrogen and oxygen atoms in total. The molecule has 1 aromatic carbocycles.